The smallest absolute Gasteiger partial charge is 0.274 e. The summed E-state index contributed by atoms with van der Waals surface area (Å²) in [6, 6.07) is 9.39. The number of hydrogen-bond acceptors (Lipinski definition) is 3. The molecule has 0 bridgehead atoms. The van der Waals surface area contributed by atoms with E-state index >= 15 is 0 Å². The van der Waals surface area contributed by atoms with Crippen LogP contribution in [0.2, 0.25) is 0 Å². The van der Waals surface area contributed by atoms with Crippen LogP contribution < -0.4 is 10.6 Å². The first-order valence-electron chi connectivity index (χ1n) is 6.46. The predicted molar refractivity (Wildman–Crippen MR) is 88.8 cm³/mol. The van der Waals surface area contributed by atoms with Crippen molar-refractivity contribution in [3.05, 3.63) is 63.5 Å². The minimum atomic E-state index is -0.452. The summed E-state index contributed by atoms with van der Waals surface area (Å²) in [5, 5.41) is 16.8. The predicted octanol–water partition coefficient (Wildman–Crippen LogP) is 4.16. The van der Waals surface area contributed by atoms with Crippen molar-refractivity contribution < 1.29 is 9.31 Å². The Hall–Kier alpha value is -2.54. The number of benzene rings is 2. The van der Waals surface area contributed by atoms with Gasteiger partial charge in [-0.2, -0.15) is 0 Å². The van der Waals surface area contributed by atoms with Gasteiger partial charge in [-0.05, 0) is 49.8 Å². The van der Waals surface area contributed by atoms with Crippen LogP contribution >= 0.6 is 12.2 Å². The molecule has 2 rings (SSSR count). The van der Waals surface area contributed by atoms with E-state index in [1.165, 1.54) is 12.1 Å². The molecule has 0 amide bonds. The molecule has 0 aromatic heterocycles. The van der Waals surface area contributed by atoms with Gasteiger partial charge in [0, 0.05) is 23.0 Å². The number of nitro benzene ring substituents is 1. The van der Waals surface area contributed by atoms with Crippen LogP contribution in [0.5, 0.6) is 0 Å². The summed E-state index contributed by atoms with van der Waals surface area (Å²) < 4.78 is 13.5. The van der Waals surface area contributed by atoms with E-state index in [0.29, 0.717) is 22.5 Å². The Morgan fingerprint density at radius 1 is 1.09 bits per heavy atom. The molecule has 0 spiro atoms. The van der Waals surface area contributed by atoms with Crippen molar-refractivity contribution >= 4 is 34.4 Å². The Morgan fingerprint density at radius 2 is 1.64 bits per heavy atom. The minimum Gasteiger partial charge on any atom is -0.332 e. The number of anilines is 2. The zero-order valence-corrected chi connectivity index (χ0v) is 12.8. The van der Waals surface area contributed by atoms with Crippen molar-refractivity contribution in [3.63, 3.8) is 0 Å². The number of halogens is 1. The van der Waals surface area contributed by atoms with Crippen molar-refractivity contribution in [2.75, 3.05) is 10.6 Å². The normalized spacial score (nSPS) is 10.1. The van der Waals surface area contributed by atoms with Crippen LogP contribution in [-0.2, 0) is 0 Å². The lowest BCUT2D eigenvalue weighted by molar-refractivity contribution is -0.385. The van der Waals surface area contributed by atoms with E-state index < -0.39 is 4.92 Å². The molecule has 0 heterocycles. The highest BCUT2D eigenvalue weighted by Crippen LogP contribution is 2.22. The first-order chi connectivity index (χ1) is 10.4. The highest BCUT2D eigenvalue weighted by atomic mass is 32.1. The van der Waals surface area contributed by atoms with Gasteiger partial charge in [-0.1, -0.05) is 12.1 Å². The van der Waals surface area contributed by atoms with Crippen LogP contribution in [0.3, 0.4) is 0 Å². The largest absolute Gasteiger partial charge is 0.332 e. The molecule has 0 unspecified atom stereocenters. The fraction of sp³-hybridized carbons (Fsp3) is 0.133. The Balaban J connectivity index is 2.10. The fourth-order valence-electron chi connectivity index (χ4n) is 1.85. The van der Waals surface area contributed by atoms with Gasteiger partial charge < -0.3 is 10.6 Å². The van der Waals surface area contributed by atoms with Gasteiger partial charge in [0.1, 0.15) is 5.82 Å². The first kappa shape index (κ1) is 15.8. The lowest BCUT2D eigenvalue weighted by Crippen LogP contribution is -2.19. The molecule has 22 heavy (non-hydrogen) atoms. The molecule has 0 atom stereocenters. The van der Waals surface area contributed by atoms with Gasteiger partial charge in [-0.15, -0.1) is 0 Å². The van der Waals surface area contributed by atoms with Gasteiger partial charge in [0.2, 0.25) is 0 Å². The van der Waals surface area contributed by atoms with E-state index in [0.717, 1.165) is 0 Å². The lowest BCUT2D eigenvalue weighted by atomic mass is 10.2. The van der Waals surface area contributed by atoms with Crippen LogP contribution in [0.25, 0.3) is 0 Å². The molecule has 2 N–H and O–H groups in total. The minimum absolute atomic E-state index is 0.00850. The van der Waals surface area contributed by atoms with Crippen molar-refractivity contribution in [2.45, 2.75) is 13.8 Å². The molecule has 0 aliphatic carbocycles. The summed E-state index contributed by atoms with van der Waals surface area (Å²) in [5.41, 5.74) is 2.10. The maximum absolute atomic E-state index is 13.5. The molecule has 0 saturated heterocycles. The first-order valence-corrected chi connectivity index (χ1v) is 6.87. The summed E-state index contributed by atoms with van der Waals surface area (Å²) in [5.74, 6) is -0.334. The van der Waals surface area contributed by atoms with Crippen LogP contribution in [0.1, 0.15) is 11.1 Å². The fourth-order valence-corrected chi connectivity index (χ4v) is 2.08. The van der Waals surface area contributed by atoms with Crippen LogP contribution in [0.15, 0.2) is 36.4 Å². The number of rotatable bonds is 3. The molecular weight excluding hydrogens is 305 g/mol. The maximum Gasteiger partial charge on any atom is 0.274 e. The van der Waals surface area contributed by atoms with Crippen LogP contribution in [-0.4, -0.2) is 10.0 Å². The van der Waals surface area contributed by atoms with Crippen molar-refractivity contribution in [1.82, 2.24) is 0 Å². The summed E-state index contributed by atoms with van der Waals surface area (Å²) in [6.07, 6.45) is 0. The summed E-state index contributed by atoms with van der Waals surface area (Å²) in [6.45, 7) is 3.33. The summed E-state index contributed by atoms with van der Waals surface area (Å²) in [7, 11) is 0. The van der Waals surface area contributed by atoms with Gasteiger partial charge in [0.05, 0.1) is 4.92 Å². The average Bonchev–Trinajstić information content (AvgIpc) is 2.44. The molecule has 2 aromatic carbocycles. The molecule has 0 radical (unpaired) electrons. The average molecular weight is 319 g/mol. The third-order valence-corrected chi connectivity index (χ3v) is 3.30. The second kappa shape index (κ2) is 6.48. The Bertz CT molecular complexity index is 750. The zero-order valence-electron chi connectivity index (χ0n) is 12.0. The van der Waals surface area contributed by atoms with E-state index in [1.807, 2.05) is 0 Å². The highest BCUT2D eigenvalue weighted by Gasteiger charge is 2.11. The molecule has 7 heteroatoms. The van der Waals surface area contributed by atoms with Crippen molar-refractivity contribution in [2.24, 2.45) is 0 Å². The SMILES string of the molecule is Cc1ccc(NC(=S)Nc2ccc(C)c([N+](=O)[O-])c2)cc1F. The molecule has 2 aromatic rings. The standard InChI is InChI=1S/C15H14FN3O2S/c1-9-3-5-11(7-13(9)16)17-15(22)18-12-6-4-10(2)14(8-12)19(20)21/h3-8H,1-2H3,(H2,17,18,22). The topological polar surface area (TPSA) is 67.2 Å². The van der Waals surface area contributed by atoms with Gasteiger partial charge >= 0.3 is 0 Å². The van der Waals surface area contributed by atoms with E-state index in [2.05, 4.69) is 10.6 Å². The number of nitro groups is 1. The van der Waals surface area contributed by atoms with Crippen molar-refractivity contribution in [1.29, 1.82) is 0 Å². The third kappa shape index (κ3) is 3.76. The molecule has 0 aliphatic heterocycles. The third-order valence-electron chi connectivity index (χ3n) is 3.09. The molecule has 0 fully saturated rings. The van der Waals surface area contributed by atoms with Gasteiger partial charge in [-0.25, -0.2) is 4.39 Å². The number of aryl methyl sites for hydroxylation is 2. The number of nitrogens with one attached hydrogen (secondary N) is 2. The lowest BCUT2D eigenvalue weighted by Gasteiger charge is -2.11. The van der Waals surface area contributed by atoms with E-state index in [1.54, 1.807) is 38.1 Å². The molecular formula is C15H14FN3O2S. The number of hydrogen-bond donors (Lipinski definition) is 2. The van der Waals surface area contributed by atoms with Crippen LogP contribution in [0.4, 0.5) is 21.5 Å². The van der Waals surface area contributed by atoms with E-state index in [-0.39, 0.29) is 16.6 Å². The maximum atomic E-state index is 13.5. The van der Waals surface area contributed by atoms with E-state index in [4.69, 9.17) is 12.2 Å². The molecule has 5 nitrogen and oxygen atoms in total. The number of thiocarbonyl (C=S) groups is 1. The molecule has 114 valence electrons. The van der Waals surface area contributed by atoms with Crippen LogP contribution in [0, 0.1) is 29.8 Å². The second-order valence-corrected chi connectivity index (χ2v) is 5.21. The monoisotopic (exact) mass is 319 g/mol. The quantitative estimate of drug-likeness (QED) is 0.505. The molecule has 0 saturated carbocycles. The van der Waals surface area contributed by atoms with Gasteiger partial charge in [-0.3, -0.25) is 10.1 Å². The van der Waals surface area contributed by atoms with Gasteiger partial charge in [0.25, 0.3) is 5.69 Å². The summed E-state index contributed by atoms with van der Waals surface area (Å²) in [4.78, 5) is 10.5. The number of nitrogens with zero attached hydrogens (tertiary/aromatic N) is 1. The van der Waals surface area contributed by atoms with E-state index in [9.17, 15) is 14.5 Å². The molecule has 0 aliphatic rings. The Labute approximate surface area is 132 Å². The van der Waals surface area contributed by atoms with Gasteiger partial charge in [0.15, 0.2) is 5.11 Å². The Morgan fingerprint density at radius 3 is 2.18 bits per heavy atom. The highest BCUT2D eigenvalue weighted by molar-refractivity contribution is 7.80. The second-order valence-electron chi connectivity index (χ2n) is 4.80. The zero-order chi connectivity index (χ0) is 16.3. The summed E-state index contributed by atoms with van der Waals surface area (Å²) >= 11 is 5.12. The Kier molecular flexibility index (Phi) is 4.67. The van der Waals surface area contributed by atoms with Crippen molar-refractivity contribution in [3.8, 4) is 0 Å².